The normalized spacial score (nSPS) is 10.5. The van der Waals surface area contributed by atoms with Crippen LogP contribution < -0.4 is 5.32 Å². The number of allylic oxidation sites excluding steroid dienone is 2. The van der Waals surface area contributed by atoms with Crippen LogP contribution >= 0.6 is 0 Å². The van der Waals surface area contributed by atoms with Gasteiger partial charge in [0.2, 0.25) is 0 Å². The lowest BCUT2D eigenvalue weighted by molar-refractivity contribution is 1.50. The van der Waals surface area contributed by atoms with Crippen molar-refractivity contribution >= 4 is 17.3 Å². The molecule has 0 saturated heterocycles. The predicted octanol–water partition coefficient (Wildman–Crippen LogP) is 5.87. The molecular formula is C23H21N. The van der Waals surface area contributed by atoms with Gasteiger partial charge >= 0.3 is 0 Å². The van der Waals surface area contributed by atoms with E-state index in [1.807, 2.05) is 19.2 Å². The van der Waals surface area contributed by atoms with Gasteiger partial charge in [-0.3, -0.25) is 0 Å². The summed E-state index contributed by atoms with van der Waals surface area (Å²) < 4.78 is 0. The quantitative estimate of drug-likeness (QED) is 0.581. The van der Waals surface area contributed by atoms with Gasteiger partial charge in [0.15, 0.2) is 0 Å². The molecule has 0 atom stereocenters. The number of hydrogen-bond donors (Lipinski definition) is 1. The van der Waals surface area contributed by atoms with Crippen molar-refractivity contribution in [1.29, 1.82) is 0 Å². The molecule has 1 nitrogen and oxygen atoms in total. The summed E-state index contributed by atoms with van der Waals surface area (Å²) in [6.45, 7) is 0. The standard InChI is InChI=1S/C23H21N/c1-24-22-17-15-19(16-18-22)9-8-14-23(20-10-4-2-5-11-20)21-12-6-3-7-13-21/h2-18,24H,1H3. The molecule has 1 N–H and O–H groups in total. The van der Waals surface area contributed by atoms with Crippen LogP contribution in [0.1, 0.15) is 16.7 Å². The fourth-order valence-corrected chi connectivity index (χ4v) is 2.61. The summed E-state index contributed by atoms with van der Waals surface area (Å²) in [4.78, 5) is 0. The van der Waals surface area contributed by atoms with E-state index >= 15 is 0 Å². The zero-order valence-electron chi connectivity index (χ0n) is 13.8. The molecule has 0 aliphatic carbocycles. The lowest BCUT2D eigenvalue weighted by Gasteiger charge is -2.07. The molecule has 0 unspecified atom stereocenters. The second kappa shape index (κ2) is 7.98. The minimum atomic E-state index is 1.12. The van der Waals surface area contributed by atoms with Gasteiger partial charge in [-0.15, -0.1) is 0 Å². The molecule has 0 amide bonds. The van der Waals surface area contributed by atoms with Gasteiger partial charge in [0.1, 0.15) is 0 Å². The summed E-state index contributed by atoms with van der Waals surface area (Å²) in [6.07, 6.45) is 6.42. The van der Waals surface area contributed by atoms with Gasteiger partial charge in [-0.05, 0) is 34.4 Å². The van der Waals surface area contributed by atoms with Gasteiger partial charge in [-0.1, -0.05) is 91.0 Å². The van der Waals surface area contributed by atoms with Crippen molar-refractivity contribution in [2.24, 2.45) is 0 Å². The summed E-state index contributed by atoms with van der Waals surface area (Å²) in [5.74, 6) is 0. The van der Waals surface area contributed by atoms with Crippen molar-refractivity contribution in [1.82, 2.24) is 0 Å². The zero-order chi connectivity index (χ0) is 16.6. The maximum atomic E-state index is 3.14. The van der Waals surface area contributed by atoms with Crippen LogP contribution in [0.5, 0.6) is 0 Å². The van der Waals surface area contributed by atoms with Crippen molar-refractivity contribution in [2.75, 3.05) is 12.4 Å². The Morgan fingerprint density at radius 2 is 1.25 bits per heavy atom. The number of benzene rings is 3. The minimum absolute atomic E-state index is 1.12. The first kappa shape index (κ1) is 15.8. The monoisotopic (exact) mass is 311 g/mol. The van der Waals surface area contributed by atoms with Gasteiger partial charge in [0.05, 0.1) is 0 Å². The number of rotatable bonds is 5. The SMILES string of the molecule is CNc1ccc(C=CC=C(c2ccccc2)c2ccccc2)cc1. The Hall–Kier alpha value is -3.06. The highest BCUT2D eigenvalue weighted by Crippen LogP contribution is 2.23. The van der Waals surface area contributed by atoms with Crippen LogP contribution in [0.25, 0.3) is 11.6 Å². The Labute approximate surface area is 144 Å². The Bertz CT molecular complexity index is 771. The average Bonchev–Trinajstić information content (AvgIpc) is 2.67. The molecule has 0 spiro atoms. The molecule has 0 aliphatic rings. The minimum Gasteiger partial charge on any atom is -0.388 e. The van der Waals surface area contributed by atoms with Crippen molar-refractivity contribution in [2.45, 2.75) is 0 Å². The topological polar surface area (TPSA) is 12.0 Å². The third-order valence-electron chi connectivity index (χ3n) is 3.92. The third kappa shape index (κ3) is 4.02. The maximum absolute atomic E-state index is 3.14. The molecule has 1 heteroatoms. The fourth-order valence-electron chi connectivity index (χ4n) is 2.61. The first-order valence-electron chi connectivity index (χ1n) is 8.14. The maximum Gasteiger partial charge on any atom is 0.0337 e. The van der Waals surface area contributed by atoms with Crippen molar-refractivity contribution in [3.05, 3.63) is 114 Å². The van der Waals surface area contributed by atoms with E-state index in [0.717, 1.165) is 5.69 Å². The van der Waals surface area contributed by atoms with Crippen LogP contribution in [0.3, 0.4) is 0 Å². The van der Waals surface area contributed by atoms with Crippen LogP contribution in [0.15, 0.2) is 97.1 Å². The van der Waals surface area contributed by atoms with E-state index in [0.29, 0.717) is 0 Å². The average molecular weight is 311 g/mol. The lowest BCUT2D eigenvalue weighted by Crippen LogP contribution is -1.87. The molecule has 0 heterocycles. The second-order valence-corrected chi connectivity index (χ2v) is 5.54. The van der Waals surface area contributed by atoms with Crippen LogP contribution in [-0.2, 0) is 0 Å². The second-order valence-electron chi connectivity index (χ2n) is 5.54. The summed E-state index contributed by atoms with van der Waals surface area (Å²) >= 11 is 0. The number of hydrogen-bond acceptors (Lipinski definition) is 1. The molecule has 0 radical (unpaired) electrons. The molecule has 0 saturated carbocycles. The van der Waals surface area contributed by atoms with Gasteiger partial charge in [0, 0.05) is 12.7 Å². The van der Waals surface area contributed by atoms with Crippen LogP contribution in [0.2, 0.25) is 0 Å². The van der Waals surface area contributed by atoms with Crippen LogP contribution in [-0.4, -0.2) is 7.05 Å². The lowest BCUT2D eigenvalue weighted by atomic mass is 9.97. The third-order valence-corrected chi connectivity index (χ3v) is 3.92. The van der Waals surface area contributed by atoms with E-state index < -0.39 is 0 Å². The van der Waals surface area contributed by atoms with Gasteiger partial charge in [-0.2, -0.15) is 0 Å². The highest BCUT2D eigenvalue weighted by molar-refractivity contribution is 5.81. The molecule has 0 aromatic heterocycles. The molecule has 0 fully saturated rings. The number of anilines is 1. The van der Waals surface area contributed by atoms with E-state index in [1.54, 1.807) is 0 Å². The molecular weight excluding hydrogens is 290 g/mol. The zero-order valence-corrected chi connectivity index (χ0v) is 13.8. The summed E-state index contributed by atoms with van der Waals surface area (Å²) in [5.41, 5.74) is 5.97. The fraction of sp³-hybridized carbons (Fsp3) is 0.0435. The highest BCUT2D eigenvalue weighted by atomic mass is 14.8. The Morgan fingerprint density at radius 3 is 1.75 bits per heavy atom. The van der Waals surface area contributed by atoms with Crippen LogP contribution in [0.4, 0.5) is 5.69 Å². The molecule has 0 bridgehead atoms. The van der Waals surface area contributed by atoms with Crippen molar-refractivity contribution in [3.63, 3.8) is 0 Å². The Balaban J connectivity index is 1.90. The first-order chi connectivity index (χ1) is 11.9. The smallest absolute Gasteiger partial charge is 0.0337 e. The van der Waals surface area contributed by atoms with E-state index in [2.05, 4.69) is 96.3 Å². The highest BCUT2D eigenvalue weighted by Gasteiger charge is 2.02. The van der Waals surface area contributed by atoms with E-state index in [-0.39, 0.29) is 0 Å². The van der Waals surface area contributed by atoms with Gasteiger partial charge in [0.25, 0.3) is 0 Å². The summed E-state index contributed by atoms with van der Waals surface area (Å²) in [7, 11) is 1.93. The Morgan fingerprint density at radius 1 is 0.708 bits per heavy atom. The van der Waals surface area contributed by atoms with Crippen LogP contribution in [0, 0.1) is 0 Å². The predicted molar refractivity (Wildman–Crippen MR) is 105 cm³/mol. The molecule has 0 aliphatic heterocycles. The van der Waals surface area contributed by atoms with E-state index in [4.69, 9.17) is 0 Å². The van der Waals surface area contributed by atoms with Gasteiger partial charge in [-0.25, -0.2) is 0 Å². The van der Waals surface area contributed by atoms with Crippen molar-refractivity contribution < 1.29 is 0 Å². The molecule has 3 aromatic rings. The number of nitrogens with one attached hydrogen (secondary N) is 1. The molecule has 118 valence electrons. The largest absolute Gasteiger partial charge is 0.388 e. The Kier molecular flexibility index (Phi) is 5.26. The van der Waals surface area contributed by atoms with E-state index in [1.165, 1.54) is 22.3 Å². The molecule has 24 heavy (non-hydrogen) atoms. The van der Waals surface area contributed by atoms with Gasteiger partial charge < -0.3 is 5.32 Å². The summed E-state index contributed by atoms with van der Waals surface area (Å²) in [5, 5.41) is 3.14. The molecule has 3 aromatic carbocycles. The van der Waals surface area contributed by atoms with E-state index in [9.17, 15) is 0 Å². The summed E-state index contributed by atoms with van der Waals surface area (Å²) in [6, 6.07) is 29.4. The first-order valence-corrected chi connectivity index (χ1v) is 8.14. The van der Waals surface area contributed by atoms with Crippen molar-refractivity contribution in [3.8, 4) is 0 Å². The molecule has 3 rings (SSSR count).